The van der Waals surface area contributed by atoms with Crippen molar-refractivity contribution in [3.63, 3.8) is 0 Å². The van der Waals surface area contributed by atoms with Crippen molar-refractivity contribution < 1.29 is 4.74 Å². The number of fused-ring (bicyclic) bond motifs is 8. The molecule has 8 bridgehead atoms. The lowest BCUT2D eigenvalue weighted by Crippen LogP contribution is -1.89. The van der Waals surface area contributed by atoms with E-state index in [1.807, 2.05) is 24.3 Å². The van der Waals surface area contributed by atoms with E-state index in [0.717, 1.165) is 82.6 Å². The molecule has 5 nitrogen and oxygen atoms in total. The molecule has 8 rings (SSSR count). The number of H-pyrrole nitrogens is 2. The van der Waals surface area contributed by atoms with E-state index < -0.39 is 0 Å². The molecule has 3 aromatic heterocycles. The molecule has 2 aliphatic rings. The smallest absolute Gasteiger partial charge is 0.118 e. The van der Waals surface area contributed by atoms with E-state index in [-0.39, 0.29) is 0 Å². The summed E-state index contributed by atoms with van der Waals surface area (Å²) in [6.45, 7) is 0. The average Bonchev–Trinajstić information content (AvgIpc) is 3.91. The number of aromatic amines is 2. The highest BCUT2D eigenvalue weighted by molar-refractivity contribution is 7.99. The largest absolute Gasteiger partial charge is 0.497 e. The number of ether oxygens (including phenoxy) is 1. The topological polar surface area (TPSA) is 66.6 Å². The molecule has 0 amide bonds. The van der Waals surface area contributed by atoms with E-state index in [2.05, 4.69) is 125 Å². The molecule has 5 heterocycles. The molecule has 0 aliphatic carbocycles. The quantitative estimate of drug-likeness (QED) is 0.206. The van der Waals surface area contributed by atoms with Gasteiger partial charge in [-0.05, 0) is 90.0 Å². The second-order valence-electron chi connectivity index (χ2n) is 10.8. The Balaban J connectivity index is 1.47. The zero-order chi connectivity index (χ0) is 30.2. The van der Waals surface area contributed by atoms with Crippen LogP contribution >= 0.6 is 11.8 Å². The Morgan fingerprint density at radius 3 is 1.51 bits per heavy atom. The van der Waals surface area contributed by atoms with E-state index in [1.54, 1.807) is 18.9 Å². The molecule has 0 atom stereocenters. The molecule has 0 saturated heterocycles. The Labute approximate surface area is 265 Å². The molecular formula is C39H28N4OS. The van der Waals surface area contributed by atoms with Crippen LogP contribution in [0.15, 0.2) is 125 Å². The van der Waals surface area contributed by atoms with Gasteiger partial charge in [-0.3, -0.25) is 0 Å². The van der Waals surface area contributed by atoms with E-state index in [9.17, 15) is 0 Å². The summed E-state index contributed by atoms with van der Waals surface area (Å²) in [7, 11) is 1.68. The summed E-state index contributed by atoms with van der Waals surface area (Å²) in [4.78, 5) is 19.9. The Hall–Kier alpha value is -5.59. The molecular weight excluding hydrogens is 573 g/mol. The third-order valence-corrected chi connectivity index (χ3v) is 9.06. The minimum atomic E-state index is 0.821. The molecule has 216 valence electrons. The van der Waals surface area contributed by atoms with Gasteiger partial charge < -0.3 is 14.7 Å². The van der Waals surface area contributed by atoms with E-state index in [1.165, 1.54) is 0 Å². The van der Waals surface area contributed by atoms with E-state index in [4.69, 9.17) is 14.7 Å². The number of rotatable bonds is 5. The van der Waals surface area contributed by atoms with Crippen LogP contribution in [0.25, 0.3) is 68.6 Å². The molecule has 0 saturated carbocycles. The van der Waals surface area contributed by atoms with Crippen LogP contribution in [0.2, 0.25) is 0 Å². The number of nitrogens with one attached hydrogen (secondary N) is 2. The molecule has 0 spiro atoms. The molecule has 6 aromatic rings. The Morgan fingerprint density at radius 1 is 0.533 bits per heavy atom. The number of hydrogen-bond donors (Lipinski definition) is 2. The van der Waals surface area contributed by atoms with Gasteiger partial charge >= 0.3 is 0 Å². The number of nitrogens with zero attached hydrogens (tertiary/aromatic N) is 2. The summed E-state index contributed by atoms with van der Waals surface area (Å²) >= 11 is 1.66. The van der Waals surface area contributed by atoms with E-state index in [0.29, 0.717) is 0 Å². The van der Waals surface area contributed by atoms with Gasteiger partial charge in [-0.25, -0.2) is 9.97 Å². The standard InChI is InChI=1S/C39H28N4OS/c1-44-29-14-16-30(17-15-29)45-39-35-22-20-33(42-35)37(25-8-4-2-5-9-25)31-18-12-27(40-31)24-28-13-19-32(41-28)38(26-10-6-3-7-11-26)34-21-23-36(39)43-34/h2-24,40-41H,1H3. The highest BCUT2D eigenvalue weighted by Gasteiger charge is 2.18. The van der Waals surface area contributed by atoms with Crippen LogP contribution < -0.4 is 4.74 Å². The molecule has 0 fully saturated rings. The van der Waals surface area contributed by atoms with Gasteiger partial charge in [0, 0.05) is 38.1 Å². The highest BCUT2D eigenvalue weighted by Crippen LogP contribution is 2.39. The monoisotopic (exact) mass is 600 g/mol. The van der Waals surface area contributed by atoms with Gasteiger partial charge in [0.15, 0.2) is 0 Å². The molecule has 0 radical (unpaired) electrons. The number of methoxy groups -OCH3 is 1. The number of hydrogen-bond acceptors (Lipinski definition) is 4. The first-order valence-electron chi connectivity index (χ1n) is 14.8. The molecule has 2 aliphatic heterocycles. The second-order valence-corrected chi connectivity index (χ2v) is 11.9. The van der Waals surface area contributed by atoms with Crippen molar-refractivity contribution in [2.75, 3.05) is 7.11 Å². The van der Waals surface area contributed by atoms with E-state index >= 15 is 0 Å². The Bertz CT molecular complexity index is 2130. The predicted octanol–water partition coefficient (Wildman–Crippen LogP) is 10.1. The third-order valence-electron chi connectivity index (χ3n) is 7.93. The van der Waals surface area contributed by atoms with Gasteiger partial charge in [0.2, 0.25) is 0 Å². The van der Waals surface area contributed by atoms with Crippen molar-refractivity contribution in [1.82, 2.24) is 19.9 Å². The lowest BCUT2D eigenvalue weighted by Gasteiger charge is -2.07. The normalized spacial score (nSPS) is 12.0. The third kappa shape index (κ3) is 5.26. The van der Waals surface area contributed by atoms with Crippen molar-refractivity contribution in [2.24, 2.45) is 0 Å². The van der Waals surface area contributed by atoms with Crippen molar-refractivity contribution in [1.29, 1.82) is 0 Å². The molecule has 2 N–H and O–H groups in total. The van der Waals surface area contributed by atoms with Crippen molar-refractivity contribution in [3.05, 3.63) is 138 Å². The average molecular weight is 601 g/mol. The van der Waals surface area contributed by atoms with Gasteiger partial charge in [-0.1, -0.05) is 72.4 Å². The van der Waals surface area contributed by atoms with Gasteiger partial charge in [0.1, 0.15) is 5.75 Å². The zero-order valence-electron chi connectivity index (χ0n) is 24.5. The van der Waals surface area contributed by atoms with Crippen molar-refractivity contribution in [2.45, 2.75) is 9.79 Å². The fraction of sp³-hybridized carbons (Fsp3) is 0.0256. The van der Waals surface area contributed by atoms with Crippen LogP contribution in [-0.2, 0) is 0 Å². The maximum atomic E-state index is 5.42. The SMILES string of the molecule is COc1ccc(Sc2c3nc(c(-c4ccccc4)c4ccc(cc5ccc([nH]5)c(-c5ccccc5)c5nc2C=C5)[nH]4)C=C3)cc1. The van der Waals surface area contributed by atoms with Gasteiger partial charge in [0.05, 0.1) is 34.8 Å². The zero-order valence-corrected chi connectivity index (χ0v) is 25.3. The lowest BCUT2D eigenvalue weighted by atomic mass is 10.0. The highest BCUT2D eigenvalue weighted by atomic mass is 32.2. The summed E-state index contributed by atoms with van der Waals surface area (Å²) in [5.74, 6) is 0.821. The minimum Gasteiger partial charge on any atom is -0.497 e. The van der Waals surface area contributed by atoms with Crippen LogP contribution in [0, 0.1) is 0 Å². The first kappa shape index (κ1) is 27.0. The summed E-state index contributed by atoms with van der Waals surface area (Å²) in [6, 6.07) is 39.6. The van der Waals surface area contributed by atoms with Crippen LogP contribution in [0.5, 0.6) is 5.75 Å². The van der Waals surface area contributed by atoms with Crippen LogP contribution in [0.1, 0.15) is 22.8 Å². The molecule has 45 heavy (non-hydrogen) atoms. The van der Waals surface area contributed by atoms with Crippen molar-refractivity contribution in [3.8, 4) is 28.0 Å². The van der Waals surface area contributed by atoms with Gasteiger partial charge in [-0.15, -0.1) is 0 Å². The second kappa shape index (κ2) is 11.5. The Kier molecular flexibility index (Phi) is 6.89. The molecule has 6 heteroatoms. The maximum Gasteiger partial charge on any atom is 0.118 e. The molecule has 0 unspecified atom stereocenters. The van der Waals surface area contributed by atoms with Gasteiger partial charge in [0.25, 0.3) is 0 Å². The summed E-state index contributed by atoms with van der Waals surface area (Å²) in [5.41, 5.74) is 11.8. The van der Waals surface area contributed by atoms with Crippen LogP contribution in [0.4, 0.5) is 0 Å². The predicted molar refractivity (Wildman–Crippen MR) is 187 cm³/mol. The fourth-order valence-electron chi connectivity index (χ4n) is 5.80. The van der Waals surface area contributed by atoms with Crippen molar-refractivity contribution >= 4 is 58.1 Å². The number of aromatic nitrogens is 4. The summed E-state index contributed by atoms with van der Waals surface area (Å²) in [5, 5.41) is 0. The van der Waals surface area contributed by atoms with Crippen LogP contribution in [0.3, 0.4) is 0 Å². The summed E-state index contributed by atoms with van der Waals surface area (Å²) in [6.07, 6.45) is 8.42. The first-order valence-corrected chi connectivity index (χ1v) is 15.6. The van der Waals surface area contributed by atoms with Gasteiger partial charge in [-0.2, -0.15) is 0 Å². The molecule has 3 aromatic carbocycles. The first-order chi connectivity index (χ1) is 22.2. The maximum absolute atomic E-state index is 5.42. The lowest BCUT2D eigenvalue weighted by molar-refractivity contribution is 0.414. The summed E-state index contributed by atoms with van der Waals surface area (Å²) < 4.78 is 5.42. The Morgan fingerprint density at radius 2 is 1.02 bits per heavy atom. The minimum absolute atomic E-state index is 0.821. The van der Waals surface area contributed by atoms with Crippen LogP contribution in [-0.4, -0.2) is 27.0 Å². The fourth-order valence-corrected chi connectivity index (χ4v) is 6.74. The number of benzene rings is 3.